The summed E-state index contributed by atoms with van der Waals surface area (Å²) in [5.74, 6) is 0. The average molecular weight is 445 g/mol. The van der Waals surface area contributed by atoms with Gasteiger partial charge in [-0.2, -0.15) is 0 Å². The fourth-order valence-electron chi connectivity index (χ4n) is 4.59. The Bertz CT molecular complexity index is 894. The van der Waals surface area contributed by atoms with Crippen LogP contribution in [-0.2, 0) is 35.3 Å². The molecule has 0 saturated carbocycles. The van der Waals surface area contributed by atoms with Crippen LogP contribution >= 0.6 is 0 Å². The normalized spacial score (nSPS) is 27.2. The van der Waals surface area contributed by atoms with E-state index in [1.54, 1.807) is 0 Å². The van der Waals surface area contributed by atoms with Gasteiger partial charge >= 0.3 is 0 Å². The van der Waals surface area contributed by atoms with Crippen LogP contribution < -0.4 is 0 Å². The highest BCUT2D eigenvalue weighted by Crippen LogP contribution is 2.38. The van der Waals surface area contributed by atoms with Gasteiger partial charge in [-0.1, -0.05) is 42.5 Å². The molecule has 4 rings (SSSR count). The molecule has 0 bridgehead atoms. The minimum atomic E-state index is -1.73. The Balaban J connectivity index is 1.37. The van der Waals surface area contributed by atoms with E-state index in [1.807, 2.05) is 24.3 Å². The number of aliphatic hydroxyl groups is 5. The highest BCUT2D eigenvalue weighted by Gasteiger charge is 2.53. The standard InChI is InChI=1S/C25H32O7/c26-14-25(15-27)24(30)22(29)21(28)23(32-25)19-8-4-16(5-9-19)2-1-3-17-6-7-18-10-11-31-13-20(18)12-17/h4-9,12,21-24,26-30H,1-3,10-11,13-15H2/t21-,22-,23+,24+/m1/s1. The molecule has 0 radical (unpaired) electrons. The van der Waals surface area contributed by atoms with E-state index in [9.17, 15) is 25.5 Å². The summed E-state index contributed by atoms with van der Waals surface area (Å²) in [5, 5.41) is 50.1. The number of aryl methyl sites for hydroxylation is 2. The summed E-state index contributed by atoms with van der Waals surface area (Å²) in [5.41, 5.74) is 3.98. The van der Waals surface area contributed by atoms with E-state index in [4.69, 9.17) is 9.47 Å². The smallest absolute Gasteiger partial charge is 0.143 e. The number of fused-ring (bicyclic) bond motifs is 1. The largest absolute Gasteiger partial charge is 0.393 e. The van der Waals surface area contributed by atoms with Crippen molar-refractivity contribution in [3.8, 4) is 0 Å². The maximum absolute atomic E-state index is 10.4. The maximum Gasteiger partial charge on any atom is 0.143 e. The molecule has 7 nitrogen and oxygen atoms in total. The van der Waals surface area contributed by atoms with Crippen LogP contribution in [0.4, 0.5) is 0 Å². The van der Waals surface area contributed by atoms with Crippen molar-refractivity contribution in [1.82, 2.24) is 0 Å². The monoisotopic (exact) mass is 444 g/mol. The van der Waals surface area contributed by atoms with Crippen LogP contribution in [0.1, 0.15) is 40.3 Å². The van der Waals surface area contributed by atoms with Crippen molar-refractivity contribution >= 4 is 0 Å². The molecule has 0 unspecified atom stereocenters. The van der Waals surface area contributed by atoms with Crippen molar-refractivity contribution in [3.05, 3.63) is 70.3 Å². The first-order valence-corrected chi connectivity index (χ1v) is 11.2. The molecule has 0 aliphatic carbocycles. The Morgan fingerprint density at radius 2 is 1.53 bits per heavy atom. The molecule has 4 atom stereocenters. The van der Waals surface area contributed by atoms with Crippen molar-refractivity contribution in [2.24, 2.45) is 0 Å². The van der Waals surface area contributed by atoms with Crippen molar-refractivity contribution in [2.75, 3.05) is 19.8 Å². The lowest BCUT2D eigenvalue weighted by Crippen LogP contribution is -2.65. The van der Waals surface area contributed by atoms with E-state index in [1.165, 1.54) is 16.7 Å². The topological polar surface area (TPSA) is 120 Å². The third kappa shape index (κ3) is 4.61. The number of hydrogen-bond donors (Lipinski definition) is 5. The summed E-state index contributed by atoms with van der Waals surface area (Å²) in [6.45, 7) is 0.126. The Kier molecular flexibility index (Phi) is 7.27. The van der Waals surface area contributed by atoms with Crippen molar-refractivity contribution < 1.29 is 35.0 Å². The van der Waals surface area contributed by atoms with Gasteiger partial charge in [-0.15, -0.1) is 0 Å². The van der Waals surface area contributed by atoms with Gasteiger partial charge in [-0.25, -0.2) is 0 Å². The van der Waals surface area contributed by atoms with Gasteiger partial charge in [0, 0.05) is 0 Å². The summed E-state index contributed by atoms with van der Waals surface area (Å²) in [7, 11) is 0. The second-order valence-corrected chi connectivity index (χ2v) is 8.85. The molecule has 0 aromatic heterocycles. The summed E-state index contributed by atoms with van der Waals surface area (Å²) in [4.78, 5) is 0. The lowest BCUT2D eigenvalue weighted by Gasteiger charge is -2.47. The van der Waals surface area contributed by atoms with Crippen LogP contribution in [0.15, 0.2) is 42.5 Å². The number of rotatable bonds is 7. The molecule has 5 N–H and O–H groups in total. The van der Waals surface area contributed by atoms with Gasteiger partial charge in [0.15, 0.2) is 0 Å². The van der Waals surface area contributed by atoms with Crippen LogP contribution in [0, 0.1) is 0 Å². The zero-order valence-corrected chi connectivity index (χ0v) is 18.1. The summed E-state index contributed by atoms with van der Waals surface area (Å²) < 4.78 is 11.3. The van der Waals surface area contributed by atoms with E-state index in [0.717, 1.165) is 37.9 Å². The summed E-state index contributed by atoms with van der Waals surface area (Å²) in [6, 6.07) is 14.2. The zero-order chi connectivity index (χ0) is 22.7. The van der Waals surface area contributed by atoms with Crippen LogP contribution in [0.5, 0.6) is 0 Å². The van der Waals surface area contributed by atoms with E-state index >= 15 is 0 Å². The van der Waals surface area contributed by atoms with Gasteiger partial charge in [0.25, 0.3) is 0 Å². The predicted octanol–water partition coefficient (Wildman–Crippen LogP) is 0.812. The molecule has 174 valence electrons. The lowest BCUT2D eigenvalue weighted by molar-refractivity contribution is -0.289. The summed E-state index contributed by atoms with van der Waals surface area (Å²) >= 11 is 0. The van der Waals surface area contributed by atoms with Gasteiger partial charge in [-0.3, -0.25) is 0 Å². The van der Waals surface area contributed by atoms with Crippen molar-refractivity contribution in [2.45, 2.75) is 62.3 Å². The molecule has 0 amide bonds. The van der Waals surface area contributed by atoms with Crippen LogP contribution in [0.25, 0.3) is 0 Å². The fraction of sp³-hybridized carbons (Fsp3) is 0.520. The van der Waals surface area contributed by atoms with Gasteiger partial charge in [0.2, 0.25) is 0 Å². The second kappa shape index (κ2) is 9.97. The molecule has 2 aromatic rings. The Morgan fingerprint density at radius 1 is 0.844 bits per heavy atom. The van der Waals surface area contributed by atoms with E-state index in [2.05, 4.69) is 18.2 Å². The molecule has 7 heteroatoms. The molecule has 2 aliphatic heterocycles. The van der Waals surface area contributed by atoms with Gasteiger partial charge in [-0.05, 0) is 53.5 Å². The first-order chi connectivity index (χ1) is 15.5. The SMILES string of the molecule is OCC1(CO)O[C@@H](c2ccc(CCCc3ccc4c(c3)COCC4)cc2)[C@H](O)[C@@H](O)[C@@H]1O. The minimum absolute atomic E-state index is 0.605. The molecular weight excluding hydrogens is 412 g/mol. The van der Waals surface area contributed by atoms with E-state index in [0.29, 0.717) is 12.2 Å². The molecule has 2 aliphatic rings. The second-order valence-electron chi connectivity index (χ2n) is 8.85. The Hall–Kier alpha value is -1.84. The third-order valence-electron chi connectivity index (χ3n) is 6.70. The van der Waals surface area contributed by atoms with E-state index in [-0.39, 0.29) is 0 Å². The Morgan fingerprint density at radius 3 is 2.25 bits per heavy atom. The Labute approximate surface area is 187 Å². The quantitative estimate of drug-likeness (QED) is 0.429. The van der Waals surface area contributed by atoms with Crippen LogP contribution in [0.3, 0.4) is 0 Å². The first-order valence-electron chi connectivity index (χ1n) is 11.2. The first kappa shape index (κ1) is 23.3. The van der Waals surface area contributed by atoms with Crippen molar-refractivity contribution in [1.29, 1.82) is 0 Å². The molecule has 1 fully saturated rings. The summed E-state index contributed by atoms with van der Waals surface area (Å²) in [6.07, 6.45) is -1.67. The van der Waals surface area contributed by atoms with Crippen molar-refractivity contribution in [3.63, 3.8) is 0 Å². The zero-order valence-electron chi connectivity index (χ0n) is 18.1. The van der Waals surface area contributed by atoms with Gasteiger partial charge < -0.3 is 35.0 Å². The van der Waals surface area contributed by atoms with E-state index < -0.39 is 43.2 Å². The third-order valence-corrected chi connectivity index (χ3v) is 6.70. The number of benzene rings is 2. The van der Waals surface area contributed by atoms with Crippen LogP contribution in [0.2, 0.25) is 0 Å². The maximum atomic E-state index is 10.4. The predicted molar refractivity (Wildman–Crippen MR) is 117 cm³/mol. The average Bonchev–Trinajstić information content (AvgIpc) is 2.84. The lowest BCUT2D eigenvalue weighted by atomic mass is 9.83. The highest BCUT2D eigenvalue weighted by molar-refractivity contribution is 5.33. The number of aliphatic hydroxyl groups excluding tert-OH is 5. The van der Waals surface area contributed by atoms with Gasteiger partial charge in [0.1, 0.15) is 30.0 Å². The molecule has 1 saturated heterocycles. The molecule has 0 spiro atoms. The molecule has 2 aromatic carbocycles. The van der Waals surface area contributed by atoms with Gasteiger partial charge in [0.05, 0.1) is 26.4 Å². The fourth-order valence-corrected chi connectivity index (χ4v) is 4.59. The molecular formula is C25H32O7. The number of hydrogen-bond acceptors (Lipinski definition) is 7. The molecule has 2 heterocycles. The highest BCUT2D eigenvalue weighted by atomic mass is 16.6. The van der Waals surface area contributed by atoms with Crippen LogP contribution in [-0.4, -0.2) is 69.3 Å². The molecule has 32 heavy (non-hydrogen) atoms. The number of ether oxygens (including phenoxy) is 2. The minimum Gasteiger partial charge on any atom is -0.393 e.